The van der Waals surface area contributed by atoms with Crippen molar-refractivity contribution in [3.8, 4) is 16.9 Å². The van der Waals surface area contributed by atoms with Gasteiger partial charge < -0.3 is 29.7 Å². The van der Waals surface area contributed by atoms with Crippen molar-refractivity contribution in [2.45, 2.75) is 19.9 Å². The summed E-state index contributed by atoms with van der Waals surface area (Å²) in [5.41, 5.74) is 6.04. The van der Waals surface area contributed by atoms with Crippen LogP contribution in [-0.2, 0) is 7.05 Å². The molecule has 0 radical (unpaired) electrons. The van der Waals surface area contributed by atoms with Gasteiger partial charge in [-0.05, 0) is 66.9 Å². The number of methoxy groups -OCH3 is 1. The number of rotatable bonds is 7. The molecule has 2 N–H and O–H groups in total. The molecule has 0 spiro atoms. The first-order valence-corrected chi connectivity index (χ1v) is 12.6. The van der Waals surface area contributed by atoms with Crippen LogP contribution < -0.4 is 20.3 Å². The van der Waals surface area contributed by atoms with Gasteiger partial charge in [0.05, 0.1) is 13.2 Å². The summed E-state index contributed by atoms with van der Waals surface area (Å²) >= 11 is 0. The van der Waals surface area contributed by atoms with Crippen LogP contribution in [0.1, 0.15) is 44.9 Å². The lowest BCUT2D eigenvalue weighted by atomic mass is 10.00. The molecule has 37 heavy (non-hydrogen) atoms. The molecule has 1 aromatic heterocycles. The van der Waals surface area contributed by atoms with Gasteiger partial charge in [-0.3, -0.25) is 9.59 Å². The van der Waals surface area contributed by atoms with E-state index < -0.39 is 0 Å². The quantitative estimate of drug-likeness (QED) is 0.515. The van der Waals surface area contributed by atoms with E-state index in [1.54, 1.807) is 26.1 Å². The molecule has 8 heteroatoms. The van der Waals surface area contributed by atoms with E-state index >= 15 is 0 Å². The molecule has 1 aliphatic heterocycles. The summed E-state index contributed by atoms with van der Waals surface area (Å²) in [5, 5.41) is 6.54. The highest BCUT2D eigenvalue weighted by Crippen LogP contribution is 2.30. The summed E-state index contributed by atoms with van der Waals surface area (Å²) in [4.78, 5) is 29.8. The van der Waals surface area contributed by atoms with Crippen LogP contribution in [0.4, 0.5) is 5.69 Å². The second-order valence-electron chi connectivity index (χ2n) is 9.85. The Balaban J connectivity index is 1.58. The zero-order chi connectivity index (χ0) is 26.7. The number of nitrogens with zero attached hydrogens (tertiary/aromatic N) is 3. The molecule has 1 atom stereocenters. The number of nitrogens with one attached hydrogen (secondary N) is 2. The Morgan fingerprint density at radius 1 is 1.05 bits per heavy atom. The van der Waals surface area contributed by atoms with Crippen molar-refractivity contribution in [1.82, 2.24) is 20.1 Å². The highest BCUT2D eigenvalue weighted by atomic mass is 16.5. The number of ether oxygens (including phenoxy) is 1. The van der Waals surface area contributed by atoms with Crippen molar-refractivity contribution < 1.29 is 14.3 Å². The second kappa shape index (κ2) is 11.1. The average molecular weight is 504 g/mol. The Morgan fingerprint density at radius 3 is 2.46 bits per heavy atom. The molecule has 1 saturated heterocycles. The molecule has 2 amide bonds. The topological polar surface area (TPSA) is 78.8 Å². The Labute approximate surface area is 219 Å². The fourth-order valence-electron chi connectivity index (χ4n) is 4.65. The number of aryl methyl sites for hydroxylation is 2. The van der Waals surface area contributed by atoms with Crippen LogP contribution >= 0.6 is 0 Å². The Morgan fingerprint density at radius 2 is 1.78 bits per heavy atom. The SMILES string of the molecule is COc1cc(-c2cc(C(=O)N(C)C)n(C)c2)cc(C(C)NC(=O)c2cc(N3CCNCC3)ccc2C)c1. The summed E-state index contributed by atoms with van der Waals surface area (Å²) in [6.45, 7) is 7.67. The number of carbonyl (C=O) groups excluding carboxylic acids is 2. The molecule has 1 aliphatic rings. The smallest absolute Gasteiger partial charge is 0.269 e. The van der Waals surface area contributed by atoms with Crippen molar-refractivity contribution in [1.29, 1.82) is 0 Å². The predicted octanol–water partition coefficient (Wildman–Crippen LogP) is 3.61. The standard InChI is InChI=1S/C29H37N5O3/c1-19-7-8-24(34-11-9-30-10-12-34)17-26(19)28(35)31-20(2)21-13-22(15-25(14-21)37-6)23-16-27(33(5)18-23)29(36)32(3)4/h7-8,13-18,20,30H,9-12H2,1-6H3,(H,31,35). The summed E-state index contributed by atoms with van der Waals surface area (Å²) in [6.07, 6.45) is 1.93. The van der Waals surface area contributed by atoms with Crippen molar-refractivity contribution in [3.63, 3.8) is 0 Å². The normalized spacial score (nSPS) is 14.3. The van der Waals surface area contributed by atoms with Crippen LogP contribution in [0.15, 0.2) is 48.7 Å². The van der Waals surface area contributed by atoms with Crippen LogP contribution in [-0.4, -0.2) is 68.7 Å². The lowest BCUT2D eigenvalue weighted by molar-refractivity contribution is 0.0818. The van der Waals surface area contributed by atoms with Crippen molar-refractivity contribution in [2.75, 3.05) is 52.3 Å². The molecule has 0 aliphatic carbocycles. The van der Waals surface area contributed by atoms with Gasteiger partial charge >= 0.3 is 0 Å². The number of piperazine rings is 1. The van der Waals surface area contributed by atoms with Gasteiger partial charge in [0, 0.05) is 70.3 Å². The second-order valence-corrected chi connectivity index (χ2v) is 9.85. The number of benzene rings is 2. The Kier molecular flexibility index (Phi) is 7.88. The molecule has 0 saturated carbocycles. The third-order valence-electron chi connectivity index (χ3n) is 6.92. The summed E-state index contributed by atoms with van der Waals surface area (Å²) in [7, 11) is 6.97. The number of carbonyl (C=O) groups is 2. The van der Waals surface area contributed by atoms with E-state index in [0.29, 0.717) is 17.0 Å². The maximum absolute atomic E-state index is 13.4. The summed E-state index contributed by atoms with van der Waals surface area (Å²) in [6, 6.07) is 13.6. The fraction of sp³-hybridized carbons (Fsp3) is 0.379. The highest BCUT2D eigenvalue weighted by molar-refractivity contribution is 5.97. The number of amides is 2. The molecule has 3 aromatic rings. The first-order valence-electron chi connectivity index (χ1n) is 12.6. The molecule has 1 fully saturated rings. The highest BCUT2D eigenvalue weighted by Gasteiger charge is 2.19. The molecule has 8 nitrogen and oxygen atoms in total. The van der Waals surface area contributed by atoms with Crippen LogP contribution in [0, 0.1) is 6.92 Å². The maximum Gasteiger partial charge on any atom is 0.269 e. The molecular formula is C29H37N5O3. The van der Waals surface area contributed by atoms with Gasteiger partial charge in [-0.1, -0.05) is 6.07 Å². The monoisotopic (exact) mass is 503 g/mol. The van der Waals surface area contributed by atoms with Crippen LogP contribution in [0.3, 0.4) is 0 Å². The van der Waals surface area contributed by atoms with Gasteiger partial charge in [-0.2, -0.15) is 0 Å². The van der Waals surface area contributed by atoms with Gasteiger partial charge in [0.1, 0.15) is 11.4 Å². The number of anilines is 1. The zero-order valence-electron chi connectivity index (χ0n) is 22.6. The number of aromatic nitrogens is 1. The summed E-state index contributed by atoms with van der Waals surface area (Å²) in [5.74, 6) is 0.524. The van der Waals surface area contributed by atoms with E-state index in [1.807, 2.05) is 68.1 Å². The van der Waals surface area contributed by atoms with Crippen molar-refractivity contribution in [3.05, 3.63) is 71.0 Å². The summed E-state index contributed by atoms with van der Waals surface area (Å²) < 4.78 is 7.41. The molecule has 2 aromatic carbocycles. The molecule has 0 bridgehead atoms. The van der Waals surface area contributed by atoms with Gasteiger partial charge in [-0.15, -0.1) is 0 Å². The van der Waals surface area contributed by atoms with Gasteiger partial charge in [0.2, 0.25) is 0 Å². The minimum absolute atomic E-state index is 0.0593. The molecule has 1 unspecified atom stereocenters. The maximum atomic E-state index is 13.4. The first kappa shape index (κ1) is 26.3. The third kappa shape index (κ3) is 5.80. The third-order valence-corrected chi connectivity index (χ3v) is 6.92. The molecule has 4 rings (SSSR count). The fourth-order valence-corrected chi connectivity index (χ4v) is 4.65. The van der Waals surface area contributed by atoms with Gasteiger partial charge in [0.15, 0.2) is 0 Å². The predicted molar refractivity (Wildman–Crippen MR) is 148 cm³/mol. The lowest BCUT2D eigenvalue weighted by Gasteiger charge is -2.30. The van der Waals surface area contributed by atoms with Crippen LogP contribution in [0.5, 0.6) is 5.75 Å². The van der Waals surface area contributed by atoms with Crippen molar-refractivity contribution in [2.24, 2.45) is 7.05 Å². The Bertz CT molecular complexity index is 1290. The average Bonchev–Trinajstić information content (AvgIpc) is 3.29. The molecule has 196 valence electrons. The number of hydrogen-bond acceptors (Lipinski definition) is 5. The van der Waals surface area contributed by atoms with E-state index in [9.17, 15) is 9.59 Å². The van der Waals surface area contributed by atoms with Gasteiger partial charge in [0.25, 0.3) is 11.8 Å². The largest absolute Gasteiger partial charge is 0.497 e. The van der Waals surface area contributed by atoms with Crippen molar-refractivity contribution >= 4 is 17.5 Å². The minimum atomic E-state index is -0.254. The first-order chi connectivity index (χ1) is 17.7. The van der Waals surface area contributed by atoms with Crippen LogP contribution in [0.2, 0.25) is 0 Å². The van der Waals surface area contributed by atoms with E-state index in [-0.39, 0.29) is 17.9 Å². The van der Waals surface area contributed by atoms with Crippen LogP contribution in [0.25, 0.3) is 11.1 Å². The lowest BCUT2D eigenvalue weighted by Crippen LogP contribution is -2.43. The minimum Gasteiger partial charge on any atom is -0.497 e. The molecule has 2 heterocycles. The van der Waals surface area contributed by atoms with E-state index in [2.05, 4.69) is 21.6 Å². The van der Waals surface area contributed by atoms with E-state index in [4.69, 9.17) is 4.74 Å². The van der Waals surface area contributed by atoms with E-state index in [0.717, 1.165) is 54.1 Å². The van der Waals surface area contributed by atoms with E-state index in [1.165, 1.54) is 0 Å². The Hall–Kier alpha value is -3.78. The van der Waals surface area contributed by atoms with Gasteiger partial charge in [-0.25, -0.2) is 0 Å². The number of hydrogen-bond donors (Lipinski definition) is 2. The zero-order valence-corrected chi connectivity index (χ0v) is 22.6. The molecular weight excluding hydrogens is 466 g/mol.